The van der Waals surface area contributed by atoms with Crippen LogP contribution in [0.15, 0.2) is 24.3 Å². The number of hydrogen-bond donors (Lipinski definition) is 1. The van der Waals surface area contributed by atoms with Gasteiger partial charge in [0.25, 0.3) is 0 Å². The molecule has 2 N–H and O–H groups in total. The van der Waals surface area contributed by atoms with Crippen LogP contribution >= 0.6 is 0 Å². The number of hydrogen-bond acceptors (Lipinski definition) is 1. The summed E-state index contributed by atoms with van der Waals surface area (Å²) in [7, 11) is 0. The minimum absolute atomic E-state index is 0.165. The first kappa shape index (κ1) is 11.2. The SMILES string of the molecule is NC1(c2cccc(F)c2)CC1C1CCCCC1. The van der Waals surface area contributed by atoms with Crippen LogP contribution < -0.4 is 5.73 Å². The van der Waals surface area contributed by atoms with Crippen LogP contribution in [0.5, 0.6) is 0 Å². The standard InChI is InChI=1S/C15H20FN/c16-13-8-4-7-12(9-13)15(17)10-14(15)11-5-2-1-3-6-11/h4,7-9,11,14H,1-3,5-6,10,17H2. The molecule has 0 radical (unpaired) electrons. The van der Waals surface area contributed by atoms with Gasteiger partial charge in [-0.3, -0.25) is 0 Å². The van der Waals surface area contributed by atoms with Crippen molar-refractivity contribution in [3.63, 3.8) is 0 Å². The van der Waals surface area contributed by atoms with E-state index < -0.39 is 0 Å². The van der Waals surface area contributed by atoms with E-state index in [0.29, 0.717) is 5.92 Å². The van der Waals surface area contributed by atoms with Gasteiger partial charge >= 0.3 is 0 Å². The number of nitrogens with two attached hydrogens (primary N) is 1. The lowest BCUT2D eigenvalue weighted by atomic mass is 9.83. The minimum atomic E-state index is -0.232. The maximum atomic E-state index is 13.2. The van der Waals surface area contributed by atoms with Crippen molar-refractivity contribution >= 4 is 0 Å². The molecule has 2 atom stereocenters. The molecule has 2 aliphatic rings. The van der Waals surface area contributed by atoms with Crippen molar-refractivity contribution < 1.29 is 4.39 Å². The molecule has 0 aromatic heterocycles. The second-order valence-electron chi connectivity index (χ2n) is 5.76. The zero-order valence-corrected chi connectivity index (χ0v) is 10.2. The molecule has 2 saturated carbocycles. The molecule has 2 heteroatoms. The Morgan fingerprint density at radius 2 is 1.94 bits per heavy atom. The molecule has 2 aliphatic carbocycles. The Bertz CT molecular complexity index is 411. The van der Waals surface area contributed by atoms with Crippen LogP contribution in [-0.2, 0) is 5.54 Å². The number of benzene rings is 1. The molecule has 0 heterocycles. The van der Waals surface area contributed by atoms with E-state index in [1.807, 2.05) is 6.07 Å². The fraction of sp³-hybridized carbons (Fsp3) is 0.600. The van der Waals surface area contributed by atoms with Crippen LogP contribution in [-0.4, -0.2) is 0 Å². The van der Waals surface area contributed by atoms with E-state index >= 15 is 0 Å². The van der Waals surface area contributed by atoms with E-state index in [2.05, 4.69) is 0 Å². The smallest absolute Gasteiger partial charge is 0.123 e. The molecule has 2 fully saturated rings. The third-order valence-corrected chi connectivity index (χ3v) is 4.64. The Morgan fingerprint density at radius 3 is 2.65 bits per heavy atom. The van der Waals surface area contributed by atoms with E-state index in [0.717, 1.165) is 17.9 Å². The largest absolute Gasteiger partial charge is 0.321 e. The van der Waals surface area contributed by atoms with E-state index in [1.165, 1.54) is 38.2 Å². The summed E-state index contributed by atoms with van der Waals surface area (Å²) in [5.74, 6) is 1.20. The average Bonchev–Trinajstić information content (AvgIpc) is 3.05. The fourth-order valence-electron chi connectivity index (χ4n) is 3.54. The molecule has 0 aliphatic heterocycles. The van der Waals surface area contributed by atoms with Gasteiger partial charge in [-0.2, -0.15) is 0 Å². The predicted molar refractivity (Wildman–Crippen MR) is 66.9 cm³/mol. The van der Waals surface area contributed by atoms with Gasteiger partial charge in [0.15, 0.2) is 0 Å². The van der Waals surface area contributed by atoms with E-state index in [9.17, 15) is 4.39 Å². The van der Waals surface area contributed by atoms with Gasteiger partial charge in [0.1, 0.15) is 5.82 Å². The normalized spacial score (nSPS) is 33.6. The fourth-order valence-corrected chi connectivity index (χ4v) is 3.54. The lowest BCUT2D eigenvalue weighted by molar-refractivity contribution is 0.302. The van der Waals surface area contributed by atoms with E-state index in [4.69, 9.17) is 5.73 Å². The molecule has 0 bridgehead atoms. The van der Waals surface area contributed by atoms with Gasteiger partial charge in [-0.25, -0.2) is 4.39 Å². The third kappa shape index (κ3) is 1.99. The van der Waals surface area contributed by atoms with E-state index in [-0.39, 0.29) is 11.4 Å². The number of halogens is 1. The number of rotatable bonds is 2. The Kier molecular flexibility index (Phi) is 2.70. The van der Waals surface area contributed by atoms with Gasteiger partial charge in [-0.1, -0.05) is 44.2 Å². The van der Waals surface area contributed by atoms with Gasteiger partial charge in [-0.15, -0.1) is 0 Å². The quantitative estimate of drug-likeness (QED) is 0.830. The molecule has 1 aromatic carbocycles. The molecular weight excluding hydrogens is 213 g/mol. The molecule has 1 aromatic rings. The Balaban J connectivity index is 1.76. The maximum absolute atomic E-state index is 13.2. The molecule has 1 nitrogen and oxygen atoms in total. The van der Waals surface area contributed by atoms with Crippen LogP contribution in [0.4, 0.5) is 4.39 Å². The van der Waals surface area contributed by atoms with Crippen LogP contribution in [0.2, 0.25) is 0 Å². The van der Waals surface area contributed by atoms with Crippen molar-refractivity contribution in [2.24, 2.45) is 17.6 Å². The molecule has 0 spiro atoms. The zero-order chi connectivity index (χ0) is 11.9. The first-order valence-corrected chi connectivity index (χ1v) is 6.75. The second-order valence-corrected chi connectivity index (χ2v) is 5.76. The highest BCUT2D eigenvalue weighted by Crippen LogP contribution is 2.56. The first-order valence-electron chi connectivity index (χ1n) is 6.75. The molecule has 92 valence electrons. The monoisotopic (exact) mass is 233 g/mol. The van der Waals surface area contributed by atoms with Gasteiger partial charge in [0.2, 0.25) is 0 Å². The van der Waals surface area contributed by atoms with Crippen molar-refractivity contribution in [2.75, 3.05) is 0 Å². The third-order valence-electron chi connectivity index (χ3n) is 4.64. The Hall–Kier alpha value is -0.890. The molecule has 3 rings (SSSR count). The summed E-state index contributed by atoms with van der Waals surface area (Å²) in [5, 5.41) is 0. The van der Waals surface area contributed by atoms with Crippen molar-refractivity contribution in [2.45, 2.75) is 44.1 Å². The van der Waals surface area contributed by atoms with E-state index in [1.54, 1.807) is 12.1 Å². The van der Waals surface area contributed by atoms with Gasteiger partial charge in [0.05, 0.1) is 0 Å². The molecule has 0 amide bonds. The second kappa shape index (κ2) is 4.09. The van der Waals surface area contributed by atoms with Gasteiger partial charge < -0.3 is 5.73 Å². The average molecular weight is 233 g/mol. The Morgan fingerprint density at radius 1 is 1.18 bits per heavy atom. The van der Waals surface area contributed by atoms with Crippen LogP contribution in [0.1, 0.15) is 44.1 Å². The molecule has 2 unspecified atom stereocenters. The van der Waals surface area contributed by atoms with Crippen LogP contribution in [0.3, 0.4) is 0 Å². The maximum Gasteiger partial charge on any atom is 0.123 e. The van der Waals surface area contributed by atoms with Gasteiger partial charge in [0, 0.05) is 5.54 Å². The predicted octanol–water partition coefficient (Wildman–Crippen LogP) is 3.58. The highest BCUT2D eigenvalue weighted by molar-refractivity contribution is 5.32. The van der Waals surface area contributed by atoms with Crippen LogP contribution in [0.25, 0.3) is 0 Å². The minimum Gasteiger partial charge on any atom is -0.321 e. The summed E-state index contributed by atoms with van der Waals surface area (Å²) < 4.78 is 13.2. The topological polar surface area (TPSA) is 26.0 Å². The molecule has 17 heavy (non-hydrogen) atoms. The van der Waals surface area contributed by atoms with Gasteiger partial charge in [-0.05, 0) is 36.0 Å². The lowest BCUT2D eigenvalue weighted by Gasteiger charge is -2.24. The van der Waals surface area contributed by atoms with Crippen LogP contribution in [0, 0.1) is 17.7 Å². The van der Waals surface area contributed by atoms with Crippen molar-refractivity contribution in [1.82, 2.24) is 0 Å². The summed E-state index contributed by atoms with van der Waals surface area (Å²) in [5.41, 5.74) is 7.21. The summed E-state index contributed by atoms with van der Waals surface area (Å²) >= 11 is 0. The van der Waals surface area contributed by atoms with Crippen molar-refractivity contribution in [1.29, 1.82) is 0 Å². The highest BCUT2D eigenvalue weighted by atomic mass is 19.1. The Labute approximate surface area is 102 Å². The summed E-state index contributed by atoms with van der Waals surface area (Å²) in [6.07, 6.45) is 7.75. The molecular formula is C15H20FN. The summed E-state index contributed by atoms with van der Waals surface area (Å²) in [6.45, 7) is 0. The summed E-state index contributed by atoms with van der Waals surface area (Å²) in [4.78, 5) is 0. The highest BCUT2D eigenvalue weighted by Gasteiger charge is 2.55. The van der Waals surface area contributed by atoms with Crippen molar-refractivity contribution in [3.8, 4) is 0 Å². The molecule has 0 saturated heterocycles. The summed E-state index contributed by atoms with van der Waals surface area (Å²) in [6, 6.07) is 6.86. The first-order chi connectivity index (χ1) is 8.20. The van der Waals surface area contributed by atoms with Crippen molar-refractivity contribution in [3.05, 3.63) is 35.6 Å². The lowest BCUT2D eigenvalue weighted by Crippen LogP contribution is -2.26. The zero-order valence-electron chi connectivity index (χ0n) is 10.2.